The van der Waals surface area contributed by atoms with Crippen LogP contribution in [0.1, 0.15) is 22.3 Å². The van der Waals surface area contributed by atoms with Gasteiger partial charge in [-0.3, -0.25) is 0 Å². The minimum absolute atomic E-state index is 0.563. The number of fused-ring (bicyclic) bond motifs is 3. The van der Waals surface area contributed by atoms with Gasteiger partial charge in [0.1, 0.15) is 0 Å². The van der Waals surface area contributed by atoms with Crippen molar-refractivity contribution in [3.05, 3.63) is 307 Å². The maximum Gasteiger partial charge on any atom is 0.0714 e. The lowest BCUT2D eigenvalue weighted by Crippen LogP contribution is -2.28. The second-order valence-corrected chi connectivity index (χ2v) is 17.5. The molecule has 0 saturated carbocycles. The number of para-hydroxylation sites is 2. The molecule has 1 aliphatic rings. The Hall–Kier alpha value is -8.78. The topological polar surface area (TPSA) is 3.24 Å². The average Bonchev–Trinajstić information content (AvgIpc) is 3.72. The standard InChI is InChI=1S/C67H47N/c1-6-25-48(26-7-1)54-35-16-17-39-60(54)66-56(50-29-10-3-11-30-50)40-24-41-61(66)59-38-20-23-44-65(59)68(64-43-22-19-36-55(64)49-27-8-2-9-28-49)53-45-46-58-57-37-18-21-42-62(57)67(63(58)47-53,51-31-12-4-13-32-51)52-33-14-5-15-34-52/h1-47H. The van der Waals surface area contributed by atoms with Crippen LogP contribution in [0.5, 0.6) is 0 Å². The van der Waals surface area contributed by atoms with Crippen molar-refractivity contribution in [3.63, 3.8) is 0 Å². The Labute approximate surface area is 399 Å². The fourth-order valence-electron chi connectivity index (χ4n) is 10.9. The van der Waals surface area contributed by atoms with Crippen LogP contribution in [-0.4, -0.2) is 0 Å². The molecule has 0 amide bonds. The molecule has 0 bridgehead atoms. The summed E-state index contributed by atoms with van der Waals surface area (Å²) >= 11 is 0. The number of nitrogens with zero attached hydrogens (tertiary/aromatic N) is 1. The van der Waals surface area contributed by atoms with Gasteiger partial charge in [-0.25, -0.2) is 0 Å². The fourth-order valence-corrected chi connectivity index (χ4v) is 10.9. The normalized spacial score (nSPS) is 12.2. The highest BCUT2D eigenvalue weighted by Crippen LogP contribution is 2.58. The molecular weight excluding hydrogens is 819 g/mol. The van der Waals surface area contributed by atoms with Crippen molar-refractivity contribution in [2.45, 2.75) is 5.41 Å². The zero-order valence-electron chi connectivity index (χ0n) is 37.6. The van der Waals surface area contributed by atoms with E-state index in [2.05, 4.69) is 290 Å². The molecule has 0 radical (unpaired) electrons. The van der Waals surface area contributed by atoms with Crippen LogP contribution in [0.2, 0.25) is 0 Å². The third kappa shape index (κ3) is 6.87. The van der Waals surface area contributed by atoms with Crippen LogP contribution in [0.15, 0.2) is 285 Å². The van der Waals surface area contributed by atoms with Crippen LogP contribution in [0.3, 0.4) is 0 Å². The molecule has 12 rings (SSSR count). The summed E-state index contributed by atoms with van der Waals surface area (Å²) in [7, 11) is 0. The number of rotatable bonds is 10. The number of benzene rings is 11. The van der Waals surface area contributed by atoms with Gasteiger partial charge in [-0.2, -0.15) is 0 Å². The number of hydrogen-bond donors (Lipinski definition) is 0. The van der Waals surface area contributed by atoms with E-state index < -0.39 is 5.41 Å². The molecule has 1 heteroatoms. The second-order valence-electron chi connectivity index (χ2n) is 17.5. The first-order valence-corrected chi connectivity index (χ1v) is 23.5. The fraction of sp³-hybridized carbons (Fsp3) is 0.0149. The average molecular weight is 866 g/mol. The molecule has 0 fully saturated rings. The highest BCUT2D eigenvalue weighted by Gasteiger charge is 2.46. The van der Waals surface area contributed by atoms with Gasteiger partial charge in [0.25, 0.3) is 0 Å². The summed E-state index contributed by atoms with van der Waals surface area (Å²) in [5, 5.41) is 0. The lowest BCUT2D eigenvalue weighted by molar-refractivity contribution is 0.768. The van der Waals surface area contributed by atoms with Crippen LogP contribution in [-0.2, 0) is 5.41 Å². The molecule has 320 valence electrons. The Morgan fingerprint density at radius 3 is 1.24 bits per heavy atom. The second kappa shape index (κ2) is 17.5. The largest absolute Gasteiger partial charge is 0.309 e. The summed E-state index contributed by atoms with van der Waals surface area (Å²) in [6.45, 7) is 0. The lowest BCUT2D eigenvalue weighted by atomic mass is 9.67. The quantitative estimate of drug-likeness (QED) is 0.132. The van der Waals surface area contributed by atoms with Crippen LogP contribution in [0.4, 0.5) is 17.1 Å². The van der Waals surface area contributed by atoms with Crippen molar-refractivity contribution in [1.29, 1.82) is 0 Å². The third-order valence-corrected chi connectivity index (χ3v) is 13.8. The summed E-state index contributed by atoms with van der Waals surface area (Å²) in [5.74, 6) is 0. The third-order valence-electron chi connectivity index (χ3n) is 13.8. The molecule has 0 N–H and O–H groups in total. The maximum absolute atomic E-state index is 2.52. The molecule has 68 heavy (non-hydrogen) atoms. The van der Waals surface area contributed by atoms with Gasteiger partial charge in [0.15, 0.2) is 0 Å². The summed E-state index contributed by atoms with van der Waals surface area (Å²) in [6, 6.07) is 104. The maximum atomic E-state index is 2.52. The van der Waals surface area contributed by atoms with E-state index in [0.29, 0.717) is 0 Å². The van der Waals surface area contributed by atoms with E-state index in [0.717, 1.165) is 39.3 Å². The van der Waals surface area contributed by atoms with E-state index in [-0.39, 0.29) is 0 Å². The van der Waals surface area contributed by atoms with Gasteiger partial charge < -0.3 is 4.90 Å². The molecule has 0 atom stereocenters. The van der Waals surface area contributed by atoms with Crippen LogP contribution < -0.4 is 4.90 Å². The molecule has 1 nitrogen and oxygen atoms in total. The first-order chi connectivity index (χ1) is 33.8. The molecule has 1 aliphatic carbocycles. The van der Waals surface area contributed by atoms with E-state index in [1.807, 2.05) is 0 Å². The number of hydrogen-bond acceptors (Lipinski definition) is 1. The van der Waals surface area contributed by atoms with Gasteiger partial charge in [0.2, 0.25) is 0 Å². The van der Waals surface area contributed by atoms with Crippen molar-refractivity contribution in [2.24, 2.45) is 0 Å². The molecule has 0 saturated heterocycles. The molecule has 11 aromatic rings. The zero-order chi connectivity index (χ0) is 45.3. The molecule has 11 aromatic carbocycles. The Kier molecular flexibility index (Phi) is 10.5. The van der Waals surface area contributed by atoms with Gasteiger partial charge in [-0.15, -0.1) is 0 Å². The van der Waals surface area contributed by atoms with E-state index in [1.165, 1.54) is 66.8 Å². The minimum atomic E-state index is -0.563. The minimum Gasteiger partial charge on any atom is -0.309 e. The summed E-state index contributed by atoms with van der Waals surface area (Å²) in [4.78, 5) is 2.52. The Morgan fingerprint density at radius 2 is 0.632 bits per heavy atom. The van der Waals surface area contributed by atoms with Crippen LogP contribution in [0, 0.1) is 0 Å². The molecule has 0 aromatic heterocycles. The highest BCUT2D eigenvalue weighted by molar-refractivity contribution is 6.04. The highest BCUT2D eigenvalue weighted by atomic mass is 15.1. The van der Waals surface area contributed by atoms with Crippen molar-refractivity contribution in [2.75, 3.05) is 4.90 Å². The van der Waals surface area contributed by atoms with Gasteiger partial charge in [0, 0.05) is 16.8 Å². The summed E-state index contributed by atoms with van der Waals surface area (Å²) in [5.41, 5.74) is 21.9. The van der Waals surface area contributed by atoms with Crippen molar-refractivity contribution in [3.8, 4) is 66.8 Å². The predicted octanol–water partition coefficient (Wildman–Crippen LogP) is 17.9. The Bertz CT molecular complexity index is 3500. The lowest BCUT2D eigenvalue weighted by Gasteiger charge is -2.35. The zero-order valence-corrected chi connectivity index (χ0v) is 37.6. The predicted molar refractivity (Wildman–Crippen MR) is 286 cm³/mol. The molecule has 0 aliphatic heterocycles. The smallest absolute Gasteiger partial charge is 0.0714 e. The van der Waals surface area contributed by atoms with Crippen molar-refractivity contribution >= 4 is 17.1 Å². The summed E-state index contributed by atoms with van der Waals surface area (Å²) < 4.78 is 0. The van der Waals surface area contributed by atoms with Crippen molar-refractivity contribution < 1.29 is 0 Å². The van der Waals surface area contributed by atoms with Gasteiger partial charge >= 0.3 is 0 Å². The molecule has 0 spiro atoms. The van der Waals surface area contributed by atoms with Crippen LogP contribution in [0.25, 0.3) is 66.8 Å². The van der Waals surface area contributed by atoms with Crippen molar-refractivity contribution in [1.82, 2.24) is 0 Å². The first-order valence-electron chi connectivity index (χ1n) is 23.5. The van der Waals surface area contributed by atoms with E-state index in [4.69, 9.17) is 0 Å². The Morgan fingerprint density at radius 1 is 0.235 bits per heavy atom. The van der Waals surface area contributed by atoms with E-state index in [1.54, 1.807) is 0 Å². The van der Waals surface area contributed by atoms with Crippen LogP contribution >= 0.6 is 0 Å². The Balaban J connectivity index is 1.16. The van der Waals surface area contributed by atoms with Gasteiger partial charge in [-0.05, 0) is 102 Å². The van der Waals surface area contributed by atoms with Gasteiger partial charge in [-0.1, -0.05) is 261 Å². The SMILES string of the molecule is c1ccc(-c2ccccc2-c2c(-c3ccccc3)cccc2-c2ccccc2N(c2ccc3c(c2)C(c2ccccc2)(c2ccccc2)c2ccccc2-3)c2ccccc2-c2ccccc2)cc1. The molecule has 0 heterocycles. The molecular formula is C67H47N. The summed E-state index contributed by atoms with van der Waals surface area (Å²) in [6.07, 6.45) is 0. The van der Waals surface area contributed by atoms with E-state index >= 15 is 0 Å². The first kappa shape index (κ1) is 40.7. The monoisotopic (exact) mass is 865 g/mol. The molecule has 0 unspecified atom stereocenters. The van der Waals surface area contributed by atoms with Gasteiger partial charge in [0.05, 0.1) is 16.8 Å². The number of anilines is 3. The van der Waals surface area contributed by atoms with E-state index in [9.17, 15) is 0 Å².